The first-order chi connectivity index (χ1) is 7.74. The molecule has 2 aliphatic rings. The lowest BCUT2D eigenvalue weighted by Gasteiger charge is -2.26. The van der Waals surface area contributed by atoms with Crippen LogP contribution in [0.15, 0.2) is 0 Å². The van der Waals surface area contributed by atoms with Crippen LogP contribution in [0.3, 0.4) is 0 Å². The van der Waals surface area contributed by atoms with E-state index in [1.54, 1.807) is 0 Å². The number of nitrogens with one attached hydrogen (secondary N) is 1. The zero-order chi connectivity index (χ0) is 11.5. The van der Waals surface area contributed by atoms with Crippen molar-refractivity contribution >= 4 is 5.91 Å². The molecule has 3 nitrogen and oxygen atoms in total. The van der Waals surface area contributed by atoms with Crippen molar-refractivity contribution < 1.29 is 4.79 Å². The van der Waals surface area contributed by atoms with Gasteiger partial charge in [0, 0.05) is 19.0 Å². The van der Waals surface area contributed by atoms with Crippen LogP contribution in [-0.4, -0.2) is 18.5 Å². The molecule has 0 heterocycles. The Morgan fingerprint density at radius 1 is 1.44 bits per heavy atom. The molecule has 0 aromatic heterocycles. The highest BCUT2D eigenvalue weighted by Gasteiger charge is 2.48. The lowest BCUT2D eigenvalue weighted by atomic mass is 9.84. The molecule has 0 radical (unpaired) electrons. The molecule has 0 spiro atoms. The van der Waals surface area contributed by atoms with Gasteiger partial charge >= 0.3 is 0 Å². The Morgan fingerprint density at radius 3 is 2.81 bits per heavy atom. The Kier molecular flexibility index (Phi) is 3.50. The predicted molar refractivity (Wildman–Crippen MR) is 63.4 cm³/mol. The summed E-state index contributed by atoms with van der Waals surface area (Å²) >= 11 is 0. The summed E-state index contributed by atoms with van der Waals surface area (Å²) in [6, 6.07) is 0.0892. The summed E-state index contributed by atoms with van der Waals surface area (Å²) in [6.07, 6.45) is 10.3. The molecular weight excluding hydrogens is 200 g/mol. The number of nitrogens with two attached hydrogens (primary N) is 1. The Bertz CT molecular complexity index is 306. The van der Waals surface area contributed by atoms with E-state index in [2.05, 4.69) is 11.2 Å². The first-order valence-electron chi connectivity index (χ1n) is 6.20. The van der Waals surface area contributed by atoms with Gasteiger partial charge in [0.25, 0.3) is 0 Å². The summed E-state index contributed by atoms with van der Waals surface area (Å²) in [5.74, 6) is 3.90. The quantitative estimate of drug-likeness (QED) is 0.546. The van der Waals surface area contributed by atoms with E-state index in [9.17, 15) is 4.79 Å². The zero-order valence-corrected chi connectivity index (χ0v) is 9.61. The van der Waals surface area contributed by atoms with E-state index in [0.29, 0.717) is 18.4 Å². The first kappa shape index (κ1) is 11.5. The molecule has 16 heavy (non-hydrogen) atoms. The van der Waals surface area contributed by atoms with Crippen LogP contribution in [-0.2, 0) is 4.79 Å². The molecule has 3 N–H and O–H groups in total. The van der Waals surface area contributed by atoms with Gasteiger partial charge in [0.1, 0.15) is 0 Å². The standard InChI is InChI=1S/C13H20N2O/c1-2-3-4-7-15-13(16)11-9-5-6-10(8-9)12(11)14/h1,9-12H,3-8,14H2,(H,15,16). The Labute approximate surface area is 97.2 Å². The van der Waals surface area contributed by atoms with Crippen molar-refractivity contribution in [3.05, 3.63) is 0 Å². The second kappa shape index (κ2) is 4.88. The van der Waals surface area contributed by atoms with E-state index in [1.807, 2.05) is 0 Å². The van der Waals surface area contributed by atoms with Crippen molar-refractivity contribution in [1.29, 1.82) is 0 Å². The van der Waals surface area contributed by atoms with Gasteiger partial charge in [0.05, 0.1) is 5.92 Å². The monoisotopic (exact) mass is 220 g/mol. The minimum Gasteiger partial charge on any atom is -0.356 e. The van der Waals surface area contributed by atoms with Crippen LogP contribution >= 0.6 is 0 Å². The van der Waals surface area contributed by atoms with Crippen LogP contribution in [0.2, 0.25) is 0 Å². The van der Waals surface area contributed by atoms with Crippen molar-refractivity contribution in [2.75, 3.05) is 6.54 Å². The van der Waals surface area contributed by atoms with E-state index in [4.69, 9.17) is 12.2 Å². The van der Waals surface area contributed by atoms with Crippen LogP contribution in [0.4, 0.5) is 0 Å². The summed E-state index contributed by atoms with van der Waals surface area (Å²) in [5, 5.41) is 2.96. The molecule has 2 saturated carbocycles. The number of rotatable bonds is 4. The molecule has 0 aliphatic heterocycles. The molecule has 2 fully saturated rings. The Balaban J connectivity index is 1.79. The number of unbranched alkanes of at least 4 members (excludes halogenated alkanes) is 1. The highest BCUT2D eigenvalue weighted by Crippen LogP contribution is 2.47. The maximum atomic E-state index is 12.0. The molecule has 0 aromatic carbocycles. The number of fused-ring (bicyclic) bond motifs is 2. The van der Waals surface area contributed by atoms with Crippen molar-refractivity contribution in [1.82, 2.24) is 5.32 Å². The maximum absolute atomic E-state index is 12.0. The van der Waals surface area contributed by atoms with Gasteiger partial charge in [-0.15, -0.1) is 12.3 Å². The summed E-state index contributed by atoms with van der Waals surface area (Å²) in [7, 11) is 0. The van der Waals surface area contributed by atoms with Crippen molar-refractivity contribution in [2.45, 2.75) is 38.1 Å². The topological polar surface area (TPSA) is 55.1 Å². The van der Waals surface area contributed by atoms with Gasteiger partial charge in [-0.2, -0.15) is 0 Å². The molecule has 88 valence electrons. The lowest BCUT2D eigenvalue weighted by molar-refractivity contribution is -0.127. The second-order valence-corrected chi connectivity index (χ2v) is 5.04. The molecule has 1 amide bonds. The molecular formula is C13H20N2O. The van der Waals surface area contributed by atoms with E-state index < -0.39 is 0 Å². The average molecular weight is 220 g/mol. The minimum absolute atomic E-state index is 0.0598. The fourth-order valence-electron chi connectivity index (χ4n) is 3.24. The number of amides is 1. The van der Waals surface area contributed by atoms with Gasteiger partial charge in [-0.1, -0.05) is 0 Å². The molecule has 4 atom stereocenters. The van der Waals surface area contributed by atoms with Crippen LogP contribution in [0.5, 0.6) is 0 Å². The third-order valence-electron chi connectivity index (χ3n) is 4.08. The Hall–Kier alpha value is -1.01. The lowest BCUT2D eigenvalue weighted by Crippen LogP contribution is -2.45. The second-order valence-electron chi connectivity index (χ2n) is 5.04. The smallest absolute Gasteiger partial charge is 0.224 e. The molecule has 3 heteroatoms. The summed E-state index contributed by atoms with van der Waals surface area (Å²) in [6.45, 7) is 0.684. The molecule has 2 bridgehead atoms. The normalized spacial score (nSPS) is 36.0. The first-order valence-corrected chi connectivity index (χ1v) is 6.20. The maximum Gasteiger partial charge on any atom is 0.224 e. The predicted octanol–water partition coefficient (Wildman–Crippen LogP) is 0.889. The fraction of sp³-hybridized carbons (Fsp3) is 0.769. The number of hydrogen-bond donors (Lipinski definition) is 2. The van der Waals surface area contributed by atoms with E-state index in [1.165, 1.54) is 12.8 Å². The van der Waals surface area contributed by atoms with E-state index in [-0.39, 0.29) is 17.9 Å². The third-order valence-corrected chi connectivity index (χ3v) is 4.08. The van der Waals surface area contributed by atoms with Gasteiger partial charge in [0.15, 0.2) is 0 Å². The van der Waals surface area contributed by atoms with E-state index in [0.717, 1.165) is 19.3 Å². The van der Waals surface area contributed by atoms with Gasteiger partial charge in [-0.3, -0.25) is 4.79 Å². The average Bonchev–Trinajstić information content (AvgIpc) is 2.84. The minimum atomic E-state index is 0.0598. The van der Waals surface area contributed by atoms with Gasteiger partial charge in [-0.25, -0.2) is 0 Å². The van der Waals surface area contributed by atoms with Gasteiger partial charge in [0.2, 0.25) is 5.91 Å². The molecule has 0 aromatic rings. The van der Waals surface area contributed by atoms with Crippen LogP contribution < -0.4 is 11.1 Å². The zero-order valence-electron chi connectivity index (χ0n) is 9.61. The molecule has 0 saturated heterocycles. The van der Waals surface area contributed by atoms with Crippen molar-refractivity contribution in [3.8, 4) is 12.3 Å². The van der Waals surface area contributed by atoms with Crippen LogP contribution in [0.1, 0.15) is 32.1 Å². The number of hydrogen-bond acceptors (Lipinski definition) is 2. The molecule has 2 aliphatic carbocycles. The van der Waals surface area contributed by atoms with Crippen LogP contribution in [0, 0.1) is 30.1 Å². The highest BCUT2D eigenvalue weighted by molar-refractivity contribution is 5.80. The summed E-state index contributed by atoms with van der Waals surface area (Å²) in [4.78, 5) is 12.0. The third kappa shape index (κ3) is 2.08. The van der Waals surface area contributed by atoms with Gasteiger partial charge in [-0.05, 0) is 37.5 Å². The van der Waals surface area contributed by atoms with E-state index >= 15 is 0 Å². The number of terminal acetylenes is 1. The Morgan fingerprint density at radius 2 is 2.19 bits per heavy atom. The SMILES string of the molecule is C#CCCCNC(=O)C1C2CCC(C2)C1N. The molecule has 4 unspecified atom stereocenters. The fourth-order valence-corrected chi connectivity index (χ4v) is 3.24. The van der Waals surface area contributed by atoms with Crippen molar-refractivity contribution in [2.24, 2.45) is 23.5 Å². The van der Waals surface area contributed by atoms with Gasteiger partial charge < -0.3 is 11.1 Å². The highest BCUT2D eigenvalue weighted by atomic mass is 16.1. The summed E-state index contributed by atoms with van der Waals surface area (Å²) < 4.78 is 0. The number of carbonyl (C=O) groups excluding carboxylic acids is 1. The largest absolute Gasteiger partial charge is 0.356 e. The number of carbonyl (C=O) groups is 1. The summed E-state index contributed by atoms with van der Waals surface area (Å²) in [5.41, 5.74) is 6.10. The molecule has 2 rings (SSSR count). The van der Waals surface area contributed by atoms with Crippen molar-refractivity contribution in [3.63, 3.8) is 0 Å². The van der Waals surface area contributed by atoms with Crippen LogP contribution in [0.25, 0.3) is 0 Å².